The van der Waals surface area contributed by atoms with Crippen LogP contribution in [0.25, 0.3) is 11.0 Å². The molecule has 1 aromatic carbocycles. The van der Waals surface area contributed by atoms with E-state index in [1.807, 2.05) is 63.8 Å². The predicted molar refractivity (Wildman–Crippen MR) is 173 cm³/mol. The third-order valence-corrected chi connectivity index (χ3v) is 8.76. The van der Waals surface area contributed by atoms with Crippen LogP contribution in [0.4, 0.5) is 11.4 Å². The van der Waals surface area contributed by atoms with Crippen molar-refractivity contribution in [1.82, 2.24) is 19.2 Å². The summed E-state index contributed by atoms with van der Waals surface area (Å²) in [6, 6.07) is 10.00. The maximum absolute atomic E-state index is 13.3. The molecule has 0 saturated carbocycles. The molecule has 5 rings (SSSR count). The first-order valence-corrected chi connectivity index (χ1v) is 15.4. The number of rotatable bonds is 10. The van der Waals surface area contributed by atoms with Gasteiger partial charge in [0, 0.05) is 52.0 Å². The van der Waals surface area contributed by atoms with E-state index in [2.05, 4.69) is 22.1 Å². The number of hydrogen-bond donors (Lipinski definition) is 0. The van der Waals surface area contributed by atoms with Crippen molar-refractivity contribution in [3.8, 4) is 0 Å². The molecule has 44 heavy (non-hydrogen) atoms. The summed E-state index contributed by atoms with van der Waals surface area (Å²) in [7, 11) is 3.71. The number of benzene rings is 1. The van der Waals surface area contributed by atoms with Gasteiger partial charge in [-0.25, -0.2) is 0 Å². The predicted octanol–water partition coefficient (Wildman–Crippen LogP) is 4.74. The summed E-state index contributed by atoms with van der Waals surface area (Å²) in [5, 5.41) is 5.15. The lowest BCUT2D eigenvalue weighted by atomic mass is 9.90. The summed E-state index contributed by atoms with van der Waals surface area (Å²) in [4.78, 5) is 45.4. The van der Waals surface area contributed by atoms with Crippen molar-refractivity contribution in [2.75, 3.05) is 36.5 Å². The molecule has 0 unspecified atom stereocenters. The highest BCUT2D eigenvalue weighted by atomic mass is 16.3. The van der Waals surface area contributed by atoms with E-state index in [9.17, 15) is 14.4 Å². The SMILES string of the molecule is CCN1C(=O)C(C)(C)C(=O)N(C)c2cc(CCCN(CCn3cc(C)c4oc(C)cc4c3=O)Cc3cc(C)nn3C)ccc21. The van der Waals surface area contributed by atoms with Crippen molar-refractivity contribution in [2.45, 2.75) is 67.5 Å². The van der Waals surface area contributed by atoms with Gasteiger partial charge in [-0.1, -0.05) is 6.07 Å². The van der Waals surface area contributed by atoms with Gasteiger partial charge in [-0.2, -0.15) is 5.10 Å². The van der Waals surface area contributed by atoms with Crippen LogP contribution < -0.4 is 15.4 Å². The minimum atomic E-state index is -1.13. The molecule has 10 nitrogen and oxygen atoms in total. The van der Waals surface area contributed by atoms with E-state index >= 15 is 0 Å². The maximum atomic E-state index is 13.3. The van der Waals surface area contributed by atoms with Gasteiger partial charge >= 0.3 is 0 Å². The molecule has 0 radical (unpaired) electrons. The number of fused-ring (bicyclic) bond motifs is 2. The van der Waals surface area contributed by atoms with Gasteiger partial charge < -0.3 is 18.8 Å². The summed E-state index contributed by atoms with van der Waals surface area (Å²) in [5.74, 6) is 0.349. The van der Waals surface area contributed by atoms with Crippen LogP contribution in [0.5, 0.6) is 0 Å². The average Bonchev–Trinajstić information content (AvgIpc) is 3.53. The Bertz CT molecular complexity index is 1780. The Balaban J connectivity index is 1.34. The molecular formula is C34H44N6O4. The van der Waals surface area contributed by atoms with Gasteiger partial charge in [0.2, 0.25) is 11.8 Å². The fraction of sp³-hybridized carbons (Fsp3) is 0.471. The molecule has 2 amide bonds. The zero-order valence-electron chi connectivity index (χ0n) is 27.2. The highest BCUT2D eigenvalue weighted by molar-refractivity contribution is 6.19. The molecule has 234 valence electrons. The highest BCUT2D eigenvalue weighted by Crippen LogP contribution is 2.39. The molecule has 3 aromatic heterocycles. The Kier molecular flexibility index (Phi) is 8.57. The number of nitrogens with zero attached hydrogens (tertiary/aromatic N) is 6. The molecule has 1 aliphatic heterocycles. The maximum Gasteiger partial charge on any atom is 0.261 e. The Morgan fingerprint density at radius 1 is 0.955 bits per heavy atom. The first kappa shape index (κ1) is 31.3. The normalized spacial score (nSPS) is 15.0. The van der Waals surface area contributed by atoms with Crippen LogP contribution in [-0.2, 0) is 36.1 Å². The standard InChI is InChI=1S/C34H44N6O4/c1-9-40-28-13-12-25(19-29(28)36(7)32(42)34(5,6)33(40)43)11-10-14-38(21-26-17-23(3)35-37(26)8)15-16-39-20-22(2)30-27(31(39)41)18-24(4)44-30/h12-13,17-20H,9-11,14-16,21H2,1-8H3. The fourth-order valence-corrected chi connectivity index (χ4v) is 6.31. The lowest BCUT2D eigenvalue weighted by molar-refractivity contribution is -0.137. The average molecular weight is 601 g/mol. The number of amides is 2. The van der Waals surface area contributed by atoms with Crippen LogP contribution in [0.2, 0.25) is 0 Å². The second-order valence-electron chi connectivity index (χ2n) is 12.6. The van der Waals surface area contributed by atoms with E-state index in [0.717, 1.165) is 59.0 Å². The number of carbonyl (C=O) groups excluding carboxylic acids is 2. The van der Waals surface area contributed by atoms with E-state index in [1.165, 1.54) is 0 Å². The molecule has 0 spiro atoms. The summed E-state index contributed by atoms with van der Waals surface area (Å²) >= 11 is 0. The zero-order valence-corrected chi connectivity index (χ0v) is 27.2. The lowest BCUT2D eigenvalue weighted by Crippen LogP contribution is -2.47. The van der Waals surface area contributed by atoms with E-state index in [-0.39, 0.29) is 17.4 Å². The molecule has 0 fully saturated rings. The van der Waals surface area contributed by atoms with Crippen molar-refractivity contribution in [2.24, 2.45) is 12.5 Å². The Morgan fingerprint density at radius 3 is 2.39 bits per heavy atom. The van der Waals surface area contributed by atoms with Gasteiger partial charge in [0.15, 0.2) is 0 Å². The summed E-state index contributed by atoms with van der Waals surface area (Å²) in [6.45, 7) is 14.4. The van der Waals surface area contributed by atoms with Crippen LogP contribution in [0, 0.1) is 26.2 Å². The molecule has 0 saturated heterocycles. The number of anilines is 2. The molecular weight excluding hydrogens is 556 g/mol. The molecule has 1 aliphatic rings. The van der Waals surface area contributed by atoms with Gasteiger partial charge in [-0.3, -0.25) is 24.0 Å². The van der Waals surface area contributed by atoms with Crippen molar-refractivity contribution in [3.05, 3.63) is 75.2 Å². The van der Waals surface area contributed by atoms with Crippen LogP contribution in [0.1, 0.15) is 55.5 Å². The first-order valence-electron chi connectivity index (χ1n) is 15.4. The topological polar surface area (TPSA) is 96.8 Å². The smallest absolute Gasteiger partial charge is 0.261 e. The number of carbonyl (C=O) groups is 2. The summed E-state index contributed by atoms with van der Waals surface area (Å²) in [5.41, 5.74) is 5.16. The fourth-order valence-electron chi connectivity index (χ4n) is 6.31. The molecule has 0 N–H and O–H groups in total. The van der Waals surface area contributed by atoms with E-state index in [0.29, 0.717) is 37.1 Å². The first-order chi connectivity index (χ1) is 20.8. The largest absolute Gasteiger partial charge is 0.461 e. The van der Waals surface area contributed by atoms with E-state index < -0.39 is 5.41 Å². The van der Waals surface area contributed by atoms with Crippen LogP contribution in [-0.4, -0.2) is 57.7 Å². The number of pyridine rings is 1. The Morgan fingerprint density at radius 2 is 1.70 bits per heavy atom. The second-order valence-corrected chi connectivity index (χ2v) is 12.6. The van der Waals surface area contributed by atoms with Crippen LogP contribution in [0.3, 0.4) is 0 Å². The van der Waals surface area contributed by atoms with Crippen molar-refractivity contribution < 1.29 is 14.0 Å². The molecule has 0 atom stereocenters. The third kappa shape index (κ3) is 5.83. The number of hydrogen-bond acceptors (Lipinski definition) is 6. The van der Waals surface area contributed by atoms with Crippen LogP contribution >= 0.6 is 0 Å². The molecule has 10 heteroatoms. The van der Waals surface area contributed by atoms with Gasteiger partial charge in [0.1, 0.15) is 16.8 Å². The number of aromatic nitrogens is 3. The monoisotopic (exact) mass is 600 g/mol. The second kappa shape index (κ2) is 12.1. The Labute approximate surface area is 258 Å². The Hall–Kier alpha value is -4.18. The lowest BCUT2D eigenvalue weighted by Gasteiger charge is -2.27. The molecule has 4 heterocycles. The summed E-state index contributed by atoms with van der Waals surface area (Å²) in [6.07, 6.45) is 3.57. The number of furan rings is 1. The van der Waals surface area contributed by atoms with Gasteiger partial charge in [0.05, 0.1) is 28.1 Å². The van der Waals surface area contributed by atoms with Crippen LogP contribution in [0.15, 0.2) is 45.7 Å². The highest BCUT2D eigenvalue weighted by Gasteiger charge is 2.45. The molecule has 4 aromatic rings. The number of aryl methyl sites for hydroxylation is 5. The zero-order chi connectivity index (χ0) is 31.9. The minimum Gasteiger partial charge on any atom is -0.461 e. The quantitative estimate of drug-likeness (QED) is 0.244. The third-order valence-electron chi connectivity index (χ3n) is 8.76. The van der Waals surface area contributed by atoms with Crippen molar-refractivity contribution in [3.63, 3.8) is 0 Å². The minimum absolute atomic E-state index is 0.0368. The van der Waals surface area contributed by atoms with Gasteiger partial charge in [-0.05, 0) is 90.8 Å². The van der Waals surface area contributed by atoms with Crippen molar-refractivity contribution in [1.29, 1.82) is 0 Å². The van der Waals surface area contributed by atoms with Gasteiger partial charge in [0.25, 0.3) is 5.56 Å². The van der Waals surface area contributed by atoms with Gasteiger partial charge in [-0.15, -0.1) is 0 Å². The molecule has 0 aliphatic carbocycles. The van der Waals surface area contributed by atoms with Crippen molar-refractivity contribution >= 4 is 34.2 Å². The van der Waals surface area contributed by atoms with E-state index in [4.69, 9.17) is 4.42 Å². The molecule has 0 bridgehead atoms. The summed E-state index contributed by atoms with van der Waals surface area (Å²) < 4.78 is 9.46. The van der Waals surface area contributed by atoms with E-state index in [1.54, 1.807) is 35.3 Å².